The van der Waals surface area contributed by atoms with Crippen LogP contribution in [-0.2, 0) is 14.3 Å². The summed E-state index contributed by atoms with van der Waals surface area (Å²) in [5.74, 6) is 5.47. The standard InChI is InChI=1S/C15H18N2O3/c1-3-20-11-15(19)16-10-4-5-13-6-8-14(9-7-13)17-12(2)18/h6-9H,3,10-11H2,1-2H3,(H,16,19)(H,17,18). The van der Waals surface area contributed by atoms with Crippen LogP contribution in [0.25, 0.3) is 0 Å². The van der Waals surface area contributed by atoms with E-state index in [0.29, 0.717) is 6.61 Å². The maximum Gasteiger partial charge on any atom is 0.246 e. The summed E-state index contributed by atoms with van der Waals surface area (Å²) in [6.07, 6.45) is 0. The molecule has 0 saturated heterocycles. The van der Waals surface area contributed by atoms with Gasteiger partial charge in [0.2, 0.25) is 11.8 Å². The van der Waals surface area contributed by atoms with Crippen LogP contribution in [0.1, 0.15) is 19.4 Å². The third-order valence-electron chi connectivity index (χ3n) is 2.25. The average Bonchev–Trinajstić information content (AvgIpc) is 2.42. The van der Waals surface area contributed by atoms with Crippen LogP contribution < -0.4 is 10.6 Å². The molecule has 106 valence electrons. The Hall–Kier alpha value is -2.32. The van der Waals surface area contributed by atoms with Gasteiger partial charge in [-0.2, -0.15) is 0 Å². The van der Waals surface area contributed by atoms with Gasteiger partial charge in [-0.05, 0) is 31.2 Å². The zero-order chi connectivity index (χ0) is 14.8. The molecular weight excluding hydrogens is 256 g/mol. The second-order valence-corrected chi connectivity index (χ2v) is 3.97. The Labute approximate surface area is 118 Å². The smallest absolute Gasteiger partial charge is 0.246 e. The number of ether oxygens (including phenoxy) is 1. The van der Waals surface area contributed by atoms with Gasteiger partial charge < -0.3 is 15.4 Å². The number of nitrogens with one attached hydrogen (secondary N) is 2. The quantitative estimate of drug-likeness (QED) is 0.791. The van der Waals surface area contributed by atoms with Crippen molar-refractivity contribution in [2.24, 2.45) is 0 Å². The molecule has 0 spiro atoms. The van der Waals surface area contributed by atoms with Crippen LogP contribution in [0, 0.1) is 11.8 Å². The fourth-order valence-corrected chi connectivity index (χ4v) is 1.37. The Bertz CT molecular complexity index is 512. The van der Waals surface area contributed by atoms with Crippen LogP contribution in [0.5, 0.6) is 0 Å². The summed E-state index contributed by atoms with van der Waals surface area (Å²) in [6, 6.07) is 7.17. The van der Waals surface area contributed by atoms with Gasteiger partial charge in [-0.3, -0.25) is 9.59 Å². The maximum atomic E-state index is 11.2. The molecule has 0 saturated carbocycles. The van der Waals surface area contributed by atoms with E-state index >= 15 is 0 Å². The Morgan fingerprint density at radius 1 is 1.25 bits per heavy atom. The molecule has 2 amide bonds. The fourth-order valence-electron chi connectivity index (χ4n) is 1.37. The first-order chi connectivity index (χ1) is 9.61. The summed E-state index contributed by atoms with van der Waals surface area (Å²) < 4.78 is 4.96. The molecule has 5 nitrogen and oxygen atoms in total. The summed E-state index contributed by atoms with van der Waals surface area (Å²) in [5, 5.41) is 5.31. The average molecular weight is 274 g/mol. The number of anilines is 1. The van der Waals surface area contributed by atoms with Gasteiger partial charge in [0.05, 0.1) is 6.54 Å². The number of benzene rings is 1. The maximum absolute atomic E-state index is 11.2. The molecular formula is C15H18N2O3. The van der Waals surface area contributed by atoms with E-state index in [1.165, 1.54) is 6.92 Å². The normalized spacial score (nSPS) is 9.30. The zero-order valence-electron chi connectivity index (χ0n) is 11.7. The topological polar surface area (TPSA) is 67.4 Å². The lowest BCUT2D eigenvalue weighted by Gasteiger charge is -2.01. The summed E-state index contributed by atoms with van der Waals surface area (Å²) in [6.45, 7) is 4.14. The monoisotopic (exact) mass is 274 g/mol. The molecule has 5 heteroatoms. The van der Waals surface area contributed by atoms with Gasteiger partial charge in [0, 0.05) is 24.8 Å². The predicted octanol–water partition coefficient (Wildman–Crippen LogP) is 1.15. The van der Waals surface area contributed by atoms with E-state index < -0.39 is 0 Å². The number of rotatable bonds is 5. The van der Waals surface area contributed by atoms with Gasteiger partial charge >= 0.3 is 0 Å². The first kappa shape index (κ1) is 15.7. The number of amides is 2. The molecule has 0 aliphatic rings. The minimum absolute atomic E-state index is 0.0591. The second kappa shape index (κ2) is 8.73. The molecule has 0 atom stereocenters. The first-order valence-electron chi connectivity index (χ1n) is 6.32. The van der Waals surface area contributed by atoms with Gasteiger partial charge in [0.1, 0.15) is 6.61 Å². The van der Waals surface area contributed by atoms with Gasteiger partial charge in [-0.25, -0.2) is 0 Å². The number of hydrogen-bond acceptors (Lipinski definition) is 3. The molecule has 0 heterocycles. The largest absolute Gasteiger partial charge is 0.372 e. The van der Waals surface area contributed by atoms with Crippen molar-refractivity contribution in [2.45, 2.75) is 13.8 Å². The van der Waals surface area contributed by atoms with Crippen molar-refractivity contribution in [1.82, 2.24) is 5.32 Å². The molecule has 20 heavy (non-hydrogen) atoms. The lowest BCUT2D eigenvalue weighted by molar-refractivity contribution is -0.125. The van der Waals surface area contributed by atoms with Gasteiger partial charge in [0.15, 0.2) is 0 Å². The highest BCUT2D eigenvalue weighted by Gasteiger charge is 1.97. The van der Waals surface area contributed by atoms with Gasteiger partial charge in [-0.15, -0.1) is 0 Å². The lowest BCUT2D eigenvalue weighted by atomic mass is 10.2. The van der Waals surface area contributed by atoms with E-state index in [4.69, 9.17) is 4.74 Å². The molecule has 0 radical (unpaired) electrons. The number of carbonyl (C=O) groups excluding carboxylic acids is 2. The third-order valence-corrected chi connectivity index (χ3v) is 2.25. The van der Waals surface area contributed by atoms with E-state index in [2.05, 4.69) is 22.5 Å². The molecule has 2 N–H and O–H groups in total. The molecule has 0 unspecified atom stereocenters. The first-order valence-corrected chi connectivity index (χ1v) is 6.32. The Morgan fingerprint density at radius 3 is 2.55 bits per heavy atom. The predicted molar refractivity (Wildman–Crippen MR) is 77.1 cm³/mol. The SMILES string of the molecule is CCOCC(=O)NCC#Cc1ccc(NC(C)=O)cc1. The van der Waals surface area contributed by atoms with E-state index in [1.807, 2.05) is 6.92 Å². The van der Waals surface area contributed by atoms with Crippen LogP contribution >= 0.6 is 0 Å². The van der Waals surface area contributed by atoms with Crippen molar-refractivity contribution in [2.75, 3.05) is 25.1 Å². The molecule has 1 aromatic rings. The fraction of sp³-hybridized carbons (Fsp3) is 0.333. The molecule has 0 aliphatic heterocycles. The third kappa shape index (κ3) is 6.57. The molecule has 0 aromatic heterocycles. The highest BCUT2D eigenvalue weighted by molar-refractivity contribution is 5.88. The Morgan fingerprint density at radius 2 is 1.95 bits per heavy atom. The van der Waals surface area contributed by atoms with Crippen molar-refractivity contribution in [3.8, 4) is 11.8 Å². The summed E-state index contributed by atoms with van der Waals surface area (Å²) in [4.78, 5) is 22.1. The van der Waals surface area contributed by atoms with Crippen LogP contribution in [0.4, 0.5) is 5.69 Å². The number of hydrogen-bond donors (Lipinski definition) is 2. The highest BCUT2D eigenvalue weighted by Crippen LogP contribution is 2.08. The van der Waals surface area contributed by atoms with Crippen molar-refractivity contribution in [1.29, 1.82) is 0 Å². The van der Waals surface area contributed by atoms with Crippen LogP contribution in [-0.4, -0.2) is 31.6 Å². The lowest BCUT2D eigenvalue weighted by Crippen LogP contribution is -2.27. The number of carbonyl (C=O) groups is 2. The van der Waals surface area contributed by atoms with Crippen LogP contribution in [0.3, 0.4) is 0 Å². The van der Waals surface area contributed by atoms with E-state index in [9.17, 15) is 9.59 Å². The van der Waals surface area contributed by atoms with Crippen molar-refractivity contribution < 1.29 is 14.3 Å². The van der Waals surface area contributed by atoms with Crippen LogP contribution in [0.15, 0.2) is 24.3 Å². The molecule has 1 rings (SSSR count). The highest BCUT2D eigenvalue weighted by atomic mass is 16.5. The van der Waals surface area contributed by atoms with Gasteiger partial charge in [-0.1, -0.05) is 11.8 Å². The zero-order valence-corrected chi connectivity index (χ0v) is 11.7. The van der Waals surface area contributed by atoms with Crippen molar-refractivity contribution in [3.05, 3.63) is 29.8 Å². The van der Waals surface area contributed by atoms with E-state index in [0.717, 1.165) is 11.3 Å². The minimum atomic E-state index is -0.179. The molecule has 0 aliphatic carbocycles. The Balaban J connectivity index is 2.39. The van der Waals surface area contributed by atoms with E-state index in [1.54, 1.807) is 24.3 Å². The van der Waals surface area contributed by atoms with Gasteiger partial charge in [0.25, 0.3) is 0 Å². The summed E-state index contributed by atoms with van der Waals surface area (Å²) in [5.41, 5.74) is 1.55. The molecule has 0 bridgehead atoms. The molecule has 0 fully saturated rings. The molecule has 1 aromatic carbocycles. The Kier molecular flexibility index (Phi) is 6.87. The van der Waals surface area contributed by atoms with E-state index in [-0.39, 0.29) is 25.0 Å². The van der Waals surface area contributed by atoms with Crippen molar-refractivity contribution in [3.63, 3.8) is 0 Å². The second-order valence-electron chi connectivity index (χ2n) is 3.97. The van der Waals surface area contributed by atoms with Crippen molar-refractivity contribution >= 4 is 17.5 Å². The minimum Gasteiger partial charge on any atom is -0.372 e. The summed E-state index contributed by atoms with van der Waals surface area (Å²) >= 11 is 0. The van der Waals surface area contributed by atoms with Crippen LogP contribution in [0.2, 0.25) is 0 Å². The summed E-state index contributed by atoms with van der Waals surface area (Å²) in [7, 11) is 0.